The molecule has 0 spiro atoms. The molecule has 26 heavy (non-hydrogen) atoms. The number of likely N-dealkylation sites (tertiary alicyclic amines) is 1. The molecular weight excluding hydrogens is 350 g/mol. The van der Waals surface area contributed by atoms with Crippen LogP contribution in [0.2, 0.25) is 0 Å². The maximum absolute atomic E-state index is 12.5. The predicted molar refractivity (Wildman–Crippen MR) is 99.9 cm³/mol. The molecule has 0 radical (unpaired) electrons. The van der Waals surface area contributed by atoms with Crippen LogP contribution in [0, 0.1) is 25.7 Å². The van der Waals surface area contributed by atoms with Gasteiger partial charge in [0.25, 0.3) is 0 Å². The molecule has 1 saturated heterocycles. The van der Waals surface area contributed by atoms with Crippen LogP contribution < -0.4 is 5.32 Å². The molecular formula is C19H21N3O3S. The first kappa shape index (κ1) is 17.1. The van der Waals surface area contributed by atoms with E-state index in [1.807, 2.05) is 26.0 Å². The number of aromatic nitrogens is 1. The van der Waals surface area contributed by atoms with Gasteiger partial charge < -0.3 is 5.32 Å². The molecule has 1 aliphatic heterocycles. The number of nitrogens with one attached hydrogen (secondary N) is 1. The van der Waals surface area contributed by atoms with Gasteiger partial charge in [-0.05, 0) is 37.8 Å². The van der Waals surface area contributed by atoms with Gasteiger partial charge in [-0.1, -0.05) is 36.3 Å². The fourth-order valence-corrected chi connectivity index (χ4v) is 5.03. The summed E-state index contributed by atoms with van der Waals surface area (Å²) in [6.07, 6.45) is 3.46. The number of anilines is 1. The highest BCUT2D eigenvalue weighted by atomic mass is 32.1. The van der Waals surface area contributed by atoms with Crippen LogP contribution in [0.15, 0.2) is 12.1 Å². The molecule has 136 valence electrons. The number of thiazole rings is 1. The molecule has 3 amide bonds. The summed E-state index contributed by atoms with van der Waals surface area (Å²) < 4.78 is 1.04. The van der Waals surface area contributed by atoms with E-state index in [0.717, 1.165) is 51.9 Å². The van der Waals surface area contributed by atoms with Gasteiger partial charge in [0.1, 0.15) is 6.54 Å². The zero-order valence-electron chi connectivity index (χ0n) is 14.9. The summed E-state index contributed by atoms with van der Waals surface area (Å²) in [6, 6.07) is 4.04. The third-order valence-corrected chi connectivity index (χ3v) is 6.53. The van der Waals surface area contributed by atoms with Crippen LogP contribution in [0.1, 0.15) is 36.8 Å². The number of rotatable bonds is 3. The van der Waals surface area contributed by atoms with Gasteiger partial charge in [0, 0.05) is 0 Å². The first-order chi connectivity index (χ1) is 12.5. The average Bonchev–Trinajstić information content (AvgIpc) is 3.15. The lowest BCUT2D eigenvalue weighted by Gasteiger charge is -2.19. The topological polar surface area (TPSA) is 79.4 Å². The van der Waals surface area contributed by atoms with E-state index in [4.69, 9.17) is 0 Å². The minimum atomic E-state index is -0.375. The van der Waals surface area contributed by atoms with Gasteiger partial charge in [0.15, 0.2) is 5.13 Å². The monoisotopic (exact) mass is 371 g/mol. The van der Waals surface area contributed by atoms with Crippen LogP contribution in [0.5, 0.6) is 0 Å². The van der Waals surface area contributed by atoms with Crippen molar-refractivity contribution in [3.05, 3.63) is 23.3 Å². The largest absolute Gasteiger partial charge is 0.300 e. The third-order valence-electron chi connectivity index (χ3n) is 5.42. The molecule has 2 aromatic rings. The quantitative estimate of drug-likeness (QED) is 0.841. The molecule has 4 rings (SSSR count). The summed E-state index contributed by atoms with van der Waals surface area (Å²) in [5.41, 5.74) is 3.04. The Kier molecular flexibility index (Phi) is 4.26. The maximum Gasteiger partial charge on any atom is 0.246 e. The minimum Gasteiger partial charge on any atom is -0.300 e. The average molecular weight is 371 g/mol. The molecule has 6 nitrogen and oxygen atoms in total. The number of imide groups is 1. The van der Waals surface area contributed by atoms with Crippen LogP contribution in [0.25, 0.3) is 10.2 Å². The number of nitrogens with zero attached hydrogens (tertiary/aromatic N) is 2. The van der Waals surface area contributed by atoms with Gasteiger partial charge in [0.05, 0.1) is 22.1 Å². The Labute approximate surface area is 155 Å². The zero-order chi connectivity index (χ0) is 18.4. The first-order valence-corrected chi connectivity index (χ1v) is 9.79. The molecule has 7 heteroatoms. The van der Waals surface area contributed by atoms with Gasteiger partial charge in [-0.3, -0.25) is 19.3 Å². The van der Waals surface area contributed by atoms with E-state index >= 15 is 0 Å². The second kappa shape index (κ2) is 6.46. The standard InChI is InChI=1S/C19H21N3O3S/c1-10-7-8-11(2)16-15(10)21-19(26-16)20-14(23)9-22-17(24)12-5-3-4-6-13(12)18(22)25/h7-8,12-13H,3-6,9H2,1-2H3,(H,20,21,23). The van der Waals surface area contributed by atoms with Crippen molar-refractivity contribution in [2.75, 3.05) is 11.9 Å². The van der Waals surface area contributed by atoms with Crippen molar-refractivity contribution in [2.24, 2.45) is 11.8 Å². The number of hydrogen-bond donors (Lipinski definition) is 1. The van der Waals surface area contributed by atoms with E-state index in [1.165, 1.54) is 11.3 Å². The lowest BCUT2D eigenvalue weighted by atomic mass is 9.81. The Bertz CT molecular complexity index is 857. The molecule has 2 fully saturated rings. The van der Waals surface area contributed by atoms with Crippen molar-refractivity contribution < 1.29 is 14.4 Å². The maximum atomic E-state index is 12.5. The van der Waals surface area contributed by atoms with Crippen LogP contribution in [-0.2, 0) is 14.4 Å². The normalized spacial score (nSPS) is 22.8. The van der Waals surface area contributed by atoms with Crippen LogP contribution in [0.4, 0.5) is 5.13 Å². The van der Waals surface area contributed by atoms with Gasteiger partial charge in [-0.25, -0.2) is 4.98 Å². The Morgan fingerprint density at radius 3 is 2.38 bits per heavy atom. The van der Waals surface area contributed by atoms with E-state index in [2.05, 4.69) is 10.3 Å². The fraction of sp³-hybridized carbons (Fsp3) is 0.474. The van der Waals surface area contributed by atoms with E-state index in [-0.39, 0.29) is 36.1 Å². The number of aryl methyl sites for hydroxylation is 2. The van der Waals surface area contributed by atoms with Crippen molar-refractivity contribution >= 4 is 44.4 Å². The number of amides is 3. The molecule has 2 unspecified atom stereocenters. The molecule has 1 aromatic carbocycles. The molecule has 1 aliphatic carbocycles. The smallest absolute Gasteiger partial charge is 0.246 e. The van der Waals surface area contributed by atoms with Gasteiger partial charge >= 0.3 is 0 Å². The molecule has 0 bridgehead atoms. The summed E-state index contributed by atoms with van der Waals surface area (Å²) in [7, 11) is 0. The highest BCUT2D eigenvalue weighted by Gasteiger charge is 2.48. The lowest BCUT2D eigenvalue weighted by molar-refractivity contribution is -0.142. The Hall–Kier alpha value is -2.28. The SMILES string of the molecule is Cc1ccc(C)c2sc(NC(=O)CN3C(=O)C4CCCCC4C3=O)nc12. The zero-order valence-corrected chi connectivity index (χ0v) is 15.7. The third kappa shape index (κ3) is 2.80. The Balaban J connectivity index is 1.49. The first-order valence-electron chi connectivity index (χ1n) is 8.97. The van der Waals surface area contributed by atoms with Crippen molar-refractivity contribution in [2.45, 2.75) is 39.5 Å². The number of hydrogen-bond acceptors (Lipinski definition) is 5. The van der Waals surface area contributed by atoms with Crippen molar-refractivity contribution in [1.29, 1.82) is 0 Å². The molecule has 2 heterocycles. The summed E-state index contributed by atoms with van der Waals surface area (Å²) in [5.74, 6) is -1.20. The second-order valence-corrected chi connectivity index (χ2v) is 8.20. The number of carbonyl (C=O) groups excluding carboxylic acids is 3. The van der Waals surface area contributed by atoms with Gasteiger partial charge in [-0.2, -0.15) is 0 Å². The lowest BCUT2D eigenvalue weighted by Crippen LogP contribution is -2.38. The Morgan fingerprint density at radius 2 is 1.77 bits per heavy atom. The molecule has 1 aromatic heterocycles. The summed E-state index contributed by atoms with van der Waals surface area (Å²) in [5, 5.41) is 3.26. The fourth-order valence-electron chi connectivity index (χ4n) is 4.00. The van der Waals surface area contributed by atoms with Crippen LogP contribution in [-0.4, -0.2) is 34.2 Å². The second-order valence-electron chi connectivity index (χ2n) is 7.20. The highest BCUT2D eigenvalue weighted by molar-refractivity contribution is 7.22. The molecule has 2 atom stereocenters. The van der Waals surface area contributed by atoms with Crippen molar-refractivity contribution in [3.8, 4) is 0 Å². The molecule has 2 aliphatic rings. The van der Waals surface area contributed by atoms with E-state index in [0.29, 0.717) is 5.13 Å². The van der Waals surface area contributed by atoms with E-state index in [9.17, 15) is 14.4 Å². The van der Waals surface area contributed by atoms with E-state index < -0.39 is 0 Å². The predicted octanol–water partition coefficient (Wildman–Crippen LogP) is 3.03. The summed E-state index contributed by atoms with van der Waals surface area (Å²) >= 11 is 1.41. The summed E-state index contributed by atoms with van der Waals surface area (Å²) in [6.45, 7) is 3.77. The van der Waals surface area contributed by atoms with Crippen molar-refractivity contribution in [1.82, 2.24) is 9.88 Å². The van der Waals surface area contributed by atoms with Crippen LogP contribution in [0.3, 0.4) is 0 Å². The highest BCUT2D eigenvalue weighted by Crippen LogP contribution is 2.38. The number of benzene rings is 1. The molecule has 1 saturated carbocycles. The Morgan fingerprint density at radius 1 is 1.15 bits per heavy atom. The van der Waals surface area contributed by atoms with Gasteiger partial charge in [0.2, 0.25) is 17.7 Å². The van der Waals surface area contributed by atoms with Gasteiger partial charge in [-0.15, -0.1) is 0 Å². The number of fused-ring (bicyclic) bond motifs is 2. The summed E-state index contributed by atoms with van der Waals surface area (Å²) in [4.78, 5) is 43.0. The van der Waals surface area contributed by atoms with Crippen molar-refractivity contribution in [3.63, 3.8) is 0 Å². The minimum absolute atomic E-state index is 0.189. The molecule has 1 N–H and O–H groups in total. The van der Waals surface area contributed by atoms with E-state index in [1.54, 1.807) is 0 Å². The van der Waals surface area contributed by atoms with Crippen LogP contribution >= 0.6 is 11.3 Å². The number of carbonyl (C=O) groups is 3.